The van der Waals surface area contributed by atoms with Crippen LogP contribution in [0.25, 0.3) is 125 Å². The van der Waals surface area contributed by atoms with Gasteiger partial charge in [0.2, 0.25) is 0 Å². The van der Waals surface area contributed by atoms with Crippen LogP contribution in [0.4, 0.5) is 0 Å². The third kappa shape index (κ3) is 5.89. The highest BCUT2D eigenvalue weighted by atomic mass is 32.2. The third-order valence-corrected chi connectivity index (χ3v) is 17.0. The first-order chi connectivity index (χ1) is 33.6. The molecular weight excluding hydrogens is 861 g/mol. The summed E-state index contributed by atoms with van der Waals surface area (Å²) in [5, 5.41) is 12.7. The molecule has 0 saturated heterocycles. The lowest BCUT2D eigenvalue weighted by Crippen LogP contribution is -2.08. The molecule has 0 N–H and O–H groups in total. The van der Waals surface area contributed by atoms with Crippen molar-refractivity contribution in [3.63, 3.8) is 0 Å². The van der Waals surface area contributed by atoms with Gasteiger partial charge in [-0.25, -0.2) is 0 Å². The van der Waals surface area contributed by atoms with Crippen LogP contribution < -0.4 is 0 Å². The van der Waals surface area contributed by atoms with E-state index in [2.05, 4.69) is 214 Å². The van der Waals surface area contributed by atoms with Gasteiger partial charge in [-0.1, -0.05) is 183 Å². The molecule has 1 aliphatic heterocycles. The predicted molar refractivity (Wildman–Crippen MR) is 296 cm³/mol. The maximum atomic E-state index is 7.03. The average Bonchev–Trinajstić information content (AvgIpc) is 4.08. The van der Waals surface area contributed by atoms with Crippen LogP contribution in [0, 0.1) is 6.92 Å². The van der Waals surface area contributed by atoms with Crippen molar-refractivity contribution in [2.45, 2.75) is 23.5 Å². The Morgan fingerprint density at radius 3 is 1.84 bits per heavy atom. The molecule has 10 aromatic carbocycles. The van der Waals surface area contributed by atoms with Crippen molar-refractivity contribution in [1.29, 1.82) is 0 Å². The molecule has 1 nitrogen and oxygen atoms in total. The van der Waals surface area contributed by atoms with Crippen molar-refractivity contribution >= 4 is 115 Å². The Hall–Kier alpha value is -7.69. The number of rotatable bonds is 6. The molecule has 12 aromatic rings. The zero-order valence-electron chi connectivity index (χ0n) is 37.3. The Kier molecular flexibility index (Phi) is 8.96. The summed E-state index contributed by atoms with van der Waals surface area (Å²) in [6.45, 7) is 6.38. The Bertz CT molecular complexity index is 4190. The van der Waals surface area contributed by atoms with Gasteiger partial charge in [0.25, 0.3) is 0 Å². The first kappa shape index (κ1) is 39.5. The van der Waals surface area contributed by atoms with E-state index in [1.165, 1.54) is 119 Å². The van der Waals surface area contributed by atoms with Crippen molar-refractivity contribution in [2.24, 2.45) is 0 Å². The van der Waals surface area contributed by atoms with E-state index in [0.29, 0.717) is 5.25 Å². The minimum atomic E-state index is 0.396. The lowest BCUT2D eigenvalue weighted by atomic mass is 9.80. The summed E-state index contributed by atoms with van der Waals surface area (Å²) in [6, 6.07) is 65.0. The fraction of sp³-hybridized carbons (Fsp3) is 0.0462. The molecule has 0 spiro atoms. The van der Waals surface area contributed by atoms with Crippen LogP contribution in [0.15, 0.2) is 216 Å². The van der Waals surface area contributed by atoms with Gasteiger partial charge in [-0.15, -0.1) is 23.1 Å². The topological polar surface area (TPSA) is 13.1 Å². The van der Waals surface area contributed by atoms with Gasteiger partial charge in [0, 0.05) is 46.7 Å². The molecule has 320 valence electrons. The van der Waals surface area contributed by atoms with E-state index in [1.807, 2.05) is 29.2 Å². The Labute approximate surface area is 402 Å². The van der Waals surface area contributed by atoms with E-state index < -0.39 is 0 Å². The molecule has 0 saturated carbocycles. The van der Waals surface area contributed by atoms with Gasteiger partial charge >= 0.3 is 0 Å². The van der Waals surface area contributed by atoms with Gasteiger partial charge in [-0.05, 0) is 137 Å². The third-order valence-electron chi connectivity index (χ3n) is 14.6. The van der Waals surface area contributed by atoms with Gasteiger partial charge in [0.1, 0.15) is 11.2 Å². The lowest BCUT2D eigenvalue weighted by Gasteiger charge is -2.25. The molecule has 1 atom stereocenters. The molecule has 14 rings (SSSR count). The van der Waals surface area contributed by atoms with Crippen LogP contribution >= 0.6 is 23.1 Å². The molecule has 68 heavy (non-hydrogen) atoms. The Morgan fingerprint density at radius 2 is 1.10 bits per heavy atom. The summed E-state index contributed by atoms with van der Waals surface area (Å²) in [5.41, 5.74) is 17.0. The van der Waals surface area contributed by atoms with Crippen LogP contribution in [0.2, 0.25) is 0 Å². The highest BCUT2D eigenvalue weighted by Gasteiger charge is 2.32. The average molecular weight is 903 g/mol. The fourth-order valence-electron chi connectivity index (χ4n) is 11.6. The Morgan fingerprint density at radius 1 is 0.515 bits per heavy atom. The van der Waals surface area contributed by atoms with Gasteiger partial charge in [0.05, 0.1) is 0 Å². The maximum absolute atomic E-state index is 7.03. The number of thioether (sulfide) groups is 1. The van der Waals surface area contributed by atoms with Crippen molar-refractivity contribution in [3.8, 4) is 33.4 Å². The normalized spacial score (nSPS) is 14.8. The van der Waals surface area contributed by atoms with Crippen molar-refractivity contribution in [3.05, 3.63) is 229 Å². The lowest BCUT2D eigenvalue weighted by molar-refractivity contribution is 0.670. The fourth-order valence-corrected chi connectivity index (χ4v) is 14.1. The highest BCUT2D eigenvalue weighted by Crippen LogP contribution is 2.53. The predicted octanol–water partition coefficient (Wildman–Crippen LogP) is 19.3. The zero-order valence-corrected chi connectivity index (χ0v) is 39.0. The second-order valence-corrected chi connectivity index (χ2v) is 20.5. The van der Waals surface area contributed by atoms with Crippen LogP contribution in [-0.4, -0.2) is 5.25 Å². The van der Waals surface area contributed by atoms with Crippen molar-refractivity contribution < 1.29 is 4.42 Å². The summed E-state index contributed by atoms with van der Waals surface area (Å²) in [4.78, 5) is 1.38. The number of allylic oxidation sites excluding steroid dienone is 5. The number of thiophene rings is 1. The van der Waals surface area contributed by atoms with E-state index in [0.717, 1.165) is 33.9 Å². The number of furan rings is 1. The quantitative estimate of drug-likeness (QED) is 0.122. The zero-order chi connectivity index (χ0) is 45.0. The molecule has 0 amide bonds. The number of fused-ring (bicyclic) bond motifs is 12. The molecule has 0 radical (unpaired) electrons. The van der Waals surface area contributed by atoms with E-state index in [-0.39, 0.29) is 0 Å². The number of hydrogen-bond acceptors (Lipinski definition) is 3. The summed E-state index contributed by atoms with van der Waals surface area (Å²) >= 11 is 3.88. The summed E-state index contributed by atoms with van der Waals surface area (Å²) in [5.74, 6) is 0. The van der Waals surface area contributed by atoms with Gasteiger partial charge in [0.15, 0.2) is 0 Å². The molecule has 0 fully saturated rings. The van der Waals surface area contributed by atoms with Crippen LogP contribution in [0.3, 0.4) is 0 Å². The molecule has 3 heterocycles. The first-order valence-electron chi connectivity index (χ1n) is 23.4. The molecule has 1 unspecified atom stereocenters. The maximum Gasteiger partial charge on any atom is 0.143 e. The van der Waals surface area contributed by atoms with Gasteiger partial charge in [-0.2, -0.15) is 0 Å². The minimum Gasteiger partial charge on any atom is -0.455 e. The largest absolute Gasteiger partial charge is 0.455 e. The van der Waals surface area contributed by atoms with Crippen molar-refractivity contribution in [1.82, 2.24) is 0 Å². The molecule has 2 aliphatic rings. The van der Waals surface area contributed by atoms with Gasteiger partial charge < -0.3 is 4.42 Å². The van der Waals surface area contributed by atoms with Crippen LogP contribution in [0.1, 0.15) is 28.7 Å². The smallest absolute Gasteiger partial charge is 0.143 e. The minimum absolute atomic E-state index is 0.396. The number of hydrogen-bond donors (Lipinski definition) is 0. The monoisotopic (exact) mass is 902 g/mol. The molecule has 3 heteroatoms. The van der Waals surface area contributed by atoms with Crippen LogP contribution in [0.5, 0.6) is 0 Å². The van der Waals surface area contributed by atoms with E-state index in [4.69, 9.17) is 4.42 Å². The van der Waals surface area contributed by atoms with E-state index >= 15 is 0 Å². The highest BCUT2D eigenvalue weighted by molar-refractivity contribution is 8.00. The van der Waals surface area contributed by atoms with Crippen LogP contribution in [-0.2, 0) is 0 Å². The van der Waals surface area contributed by atoms with Crippen molar-refractivity contribution in [2.75, 3.05) is 0 Å². The van der Waals surface area contributed by atoms with E-state index in [1.54, 1.807) is 0 Å². The first-order valence-corrected chi connectivity index (χ1v) is 25.1. The second kappa shape index (κ2) is 15.4. The molecule has 0 bridgehead atoms. The van der Waals surface area contributed by atoms with E-state index in [9.17, 15) is 0 Å². The standard InChI is InChI=1S/C65H42OS2/c1-3-4-16-42-38(2)61(47-19-5-6-20-48(47)62(42)40-29-32-45-43-17-11-13-27-57(43)67-59(45)36-40)54-26-15-25-53-55-35-39(31-34-56(55)66-65(53)54)63-49-21-7-9-23-51(49)64(52-24-10-8-22-50(52)63)41-30-33-46-44-18-12-14-28-58(44)68-60(46)37-41/h3-35,37,59H,1,36H2,2H3/b16-4-. The number of para-hydroxylation sites is 1. The molecule has 2 aromatic heterocycles. The summed E-state index contributed by atoms with van der Waals surface area (Å²) in [6.07, 6.45) is 12.0. The second-order valence-electron chi connectivity index (χ2n) is 18.2. The van der Waals surface area contributed by atoms with Gasteiger partial charge in [-0.3, -0.25) is 0 Å². The number of benzene rings is 10. The summed E-state index contributed by atoms with van der Waals surface area (Å²) < 4.78 is 9.67. The molecule has 1 aliphatic carbocycles. The Balaban J connectivity index is 0.943. The SMILES string of the molecule is C=C/C=C\c1c(C)c(-c2cccc3c2oc2ccc(-c4c5ccccc5c(-c5ccc6c(c5)sc5ccccc56)c5ccccc45)cc23)c2ccccc2c1C1=CC=C2c3ccccc3SC2C1. The summed E-state index contributed by atoms with van der Waals surface area (Å²) in [7, 11) is 0. The molecular formula is C65H42OS2.